The van der Waals surface area contributed by atoms with E-state index in [1.165, 1.54) is 19.2 Å². The lowest BCUT2D eigenvalue weighted by Crippen LogP contribution is -2.29. The van der Waals surface area contributed by atoms with Gasteiger partial charge in [-0.2, -0.15) is 0 Å². The van der Waals surface area contributed by atoms with Crippen molar-refractivity contribution >= 4 is 17.6 Å². The van der Waals surface area contributed by atoms with Crippen molar-refractivity contribution in [1.29, 1.82) is 0 Å². The summed E-state index contributed by atoms with van der Waals surface area (Å²) in [6.45, 7) is 0. The van der Waals surface area contributed by atoms with Gasteiger partial charge >= 0.3 is 5.97 Å². The van der Waals surface area contributed by atoms with E-state index in [1.807, 2.05) is 0 Å². The van der Waals surface area contributed by atoms with Crippen LogP contribution < -0.4 is 10.1 Å². The average molecular weight is 283 g/mol. The molecular weight excluding hydrogens is 269 g/mol. The second-order valence-electron chi connectivity index (χ2n) is 4.37. The molecule has 1 aromatic carbocycles. The third-order valence-corrected chi connectivity index (χ3v) is 3.01. The summed E-state index contributed by atoms with van der Waals surface area (Å²) >= 11 is 0. The van der Waals surface area contributed by atoms with Crippen LogP contribution in [0.5, 0.6) is 5.75 Å². The summed E-state index contributed by atoms with van der Waals surface area (Å²) < 4.78 is 23.3. The number of carbonyl (C=O) groups is 2. The summed E-state index contributed by atoms with van der Waals surface area (Å²) in [6, 6.07) is 4.00. The number of benzene rings is 1. The zero-order valence-corrected chi connectivity index (χ0v) is 10.8. The summed E-state index contributed by atoms with van der Waals surface area (Å²) in [5.74, 6) is -2.10. The third kappa shape index (κ3) is 3.05. The van der Waals surface area contributed by atoms with E-state index in [0.29, 0.717) is 6.42 Å². The number of nitrogens with one attached hydrogen (secondary N) is 1. The number of methoxy groups -OCH3 is 1. The van der Waals surface area contributed by atoms with Crippen LogP contribution in [0.15, 0.2) is 18.2 Å². The van der Waals surface area contributed by atoms with Crippen LogP contribution in [0.25, 0.3) is 0 Å². The Labute approximate surface area is 114 Å². The molecule has 0 aliphatic carbocycles. The number of ether oxygens (including phenoxy) is 2. The van der Waals surface area contributed by atoms with Crippen LogP contribution in [0.2, 0.25) is 0 Å². The molecule has 0 saturated carbocycles. The highest BCUT2D eigenvalue weighted by atomic mass is 19.1. The minimum atomic E-state index is -1.09. The van der Waals surface area contributed by atoms with E-state index in [4.69, 9.17) is 14.6 Å². The Morgan fingerprint density at radius 3 is 2.65 bits per heavy atom. The molecule has 0 spiro atoms. The number of rotatable bonds is 4. The van der Waals surface area contributed by atoms with Crippen molar-refractivity contribution in [3.8, 4) is 5.75 Å². The molecule has 1 amide bonds. The first-order chi connectivity index (χ1) is 9.51. The summed E-state index contributed by atoms with van der Waals surface area (Å²) in [5, 5.41) is 11.3. The van der Waals surface area contributed by atoms with Crippen LogP contribution in [0.4, 0.5) is 10.1 Å². The highest BCUT2D eigenvalue weighted by Crippen LogP contribution is 2.23. The lowest BCUT2D eigenvalue weighted by Gasteiger charge is -2.12. The van der Waals surface area contributed by atoms with E-state index < -0.39 is 29.9 Å². The lowest BCUT2D eigenvalue weighted by molar-refractivity contribution is -0.150. The molecule has 0 radical (unpaired) electrons. The van der Waals surface area contributed by atoms with Gasteiger partial charge in [0, 0.05) is 11.8 Å². The van der Waals surface area contributed by atoms with Gasteiger partial charge in [-0.3, -0.25) is 4.79 Å². The predicted molar refractivity (Wildman–Crippen MR) is 67.1 cm³/mol. The second-order valence-corrected chi connectivity index (χ2v) is 4.37. The van der Waals surface area contributed by atoms with Gasteiger partial charge in [0.15, 0.2) is 17.7 Å². The van der Waals surface area contributed by atoms with Crippen LogP contribution in [0, 0.1) is 5.82 Å². The minimum Gasteiger partial charge on any atom is -0.494 e. The van der Waals surface area contributed by atoms with Gasteiger partial charge in [0.1, 0.15) is 6.10 Å². The Morgan fingerprint density at radius 2 is 2.10 bits per heavy atom. The van der Waals surface area contributed by atoms with Gasteiger partial charge in [-0.1, -0.05) is 0 Å². The van der Waals surface area contributed by atoms with E-state index >= 15 is 0 Å². The second kappa shape index (κ2) is 5.87. The zero-order valence-electron chi connectivity index (χ0n) is 10.8. The normalized spacial score (nSPS) is 21.5. The molecule has 1 fully saturated rings. The van der Waals surface area contributed by atoms with Gasteiger partial charge < -0.3 is 19.9 Å². The number of hydrogen-bond acceptors (Lipinski definition) is 4. The van der Waals surface area contributed by atoms with Gasteiger partial charge in [0.2, 0.25) is 0 Å². The summed E-state index contributed by atoms with van der Waals surface area (Å²) in [5.41, 5.74) is 0.260. The highest BCUT2D eigenvalue weighted by Gasteiger charge is 2.34. The van der Waals surface area contributed by atoms with Crippen molar-refractivity contribution in [3.05, 3.63) is 24.0 Å². The molecule has 6 nitrogen and oxygen atoms in total. The van der Waals surface area contributed by atoms with E-state index in [0.717, 1.165) is 6.07 Å². The number of amides is 1. The predicted octanol–water partition coefficient (Wildman–Crippen LogP) is 1.40. The third-order valence-electron chi connectivity index (χ3n) is 3.01. The molecule has 1 aromatic rings. The molecule has 2 unspecified atom stereocenters. The Kier molecular flexibility index (Phi) is 4.19. The van der Waals surface area contributed by atoms with Crippen LogP contribution >= 0.6 is 0 Å². The number of carboxylic acid groups (broad SMARTS) is 1. The number of halogens is 1. The van der Waals surface area contributed by atoms with Gasteiger partial charge in [-0.25, -0.2) is 9.18 Å². The summed E-state index contributed by atoms with van der Waals surface area (Å²) in [4.78, 5) is 22.6. The lowest BCUT2D eigenvalue weighted by atomic mass is 10.2. The average Bonchev–Trinajstić information content (AvgIpc) is 2.88. The maximum absolute atomic E-state index is 13.5. The molecular formula is C13H14FNO5. The first-order valence-electron chi connectivity index (χ1n) is 6.04. The SMILES string of the molecule is COc1ccc(NC(=O)C2CCC(C(=O)O)O2)cc1F. The largest absolute Gasteiger partial charge is 0.494 e. The molecule has 20 heavy (non-hydrogen) atoms. The first-order valence-corrected chi connectivity index (χ1v) is 6.04. The molecule has 2 N–H and O–H groups in total. The summed E-state index contributed by atoms with van der Waals surface area (Å²) in [7, 11) is 1.34. The molecule has 2 atom stereocenters. The maximum Gasteiger partial charge on any atom is 0.332 e. The number of carboxylic acids is 1. The number of carbonyl (C=O) groups excluding carboxylic acids is 1. The highest BCUT2D eigenvalue weighted by molar-refractivity contribution is 5.94. The van der Waals surface area contributed by atoms with Crippen LogP contribution in [0.3, 0.4) is 0 Å². The molecule has 108 valence electrons. The topological polar surface area (TPSA) is 84.9 Å². The van der Waals surface area contributed by atoms with Crippen molar-refractivity contribution < 1.29 is 28.6 Å². The molecule has 2 rings (SSSR count). The molecule has 1 aliphatic heterocycles. The smallest absolute Gasteiger partial charge is 0.332 e. The number of aliphatic carboxylic acids is 1. The van der Waals surface area contributed by atoms with Crippen LogP contribution in [0.1, 0.15) is 12.8 Å². The monoisotopic (exact) mass is 283 g/mol. The molecule has 0 aromatic heterocycles. The van der Waals surface area contributed by atoms with Crippen molar-refractivity contribution in [3.63, 3.8) is 0 Å². The Hall–Kier alpha value is -2.15. The van der Waals surface area contributed by atoms with Gasteiger partial charge in [0.05, 0.1) is 7.11 Å². The van der Waals surface area contributed by atoms with E-state index in [9.17, 15) is 14.0 Å². The van der Waals surface area contributed by atoms with Crippen molar-refractivity contribution in [2.75, 3.05) is 12.4 Å². The molecule has 0 bridgehead atoms. The Balaban J connectivity index is 1.98. The first kappa shape index (κ1) is 14.3. The van der Waals surface area contributed by atoms with Gasteiger partial charge in [-0.05, 0) is 25.0 Å². The molecule has 1 aliphatic rings. The fourth-order valence-electron chi connectivity index (χ4n) is 1.98. The Bertz CT molecular complexity index is 533. The van der Waals surface area contributed by atoms with E-state index in [2.05, 4.69) is 5.32 Å². The van der Waals surface area contributed by atoms with Crippen LogP contribution in [-0.4, -0.2) is 36.3 Å². The van der Waals surface area contributed by atoms with Crippen molar-refractivity contribution in [1.82, 2.24) is 0 Å². The van der Waals surface area contributed by atoms with Crippen molar-refractivity contribution in [2.24, 2.45) is 0 Å². The zero-order chi connectivity index (χ0) is 14.7. The summed E-state index contributed by atoms with van der Waals surface area (Å²) in [6.07, 6.45) is -1.19. The standard InChI is InChI=1S/C13H14FNO5/c1-19-9-3-2-7(6-8(9)14)15-12(16)10-4-5-11(20-10)13(17)18/h2-3,6,10-11H,4-5H2,1H3,(H,15,16)(H,17,18). The van der Waals surface area contributed by atoms with Crippen molar-refractivity contribution in [2.45, 2.75) is 25.0 Å². The van der Waals surface area contributed by atoms with Crippen LogP contribution in [-0.2, 0) is 14.3 Å². The van der Waals surface area contributed by atoms with E-state index in [-0.39, 0.29) is 17.9 Å². The molecule has 7 heteroatoms. The van der Waals surface area contributed by atoms with E-state index in [1.54, 1.807) is 0 Å². The maximum atomic E-state index is 13.5. The van der Waals surface area contributed by atoms with Gasteiger partial charge in [0.25, 0.3) is 5.91 Å². The Morgan fingerprint density at radius 1 is 1.40 bits per heavy atom. The molecule has 1 saturated heterocycles. The number of anilines is 1. The van der Waals surface area contributed by atoms with Gasteiger partial charge in [-0.15, -0.1) is 0 Å². The molecule has 1 heterocycles. The number of hydrogen-bond donors (Lipinski definition) is 2. The quantitative estimate of drug-likeness (QED) is 0.872. The fourth-order valence-corrected chi connectivity index (χ4v) is 1.98. The minimum absolute atomic E-state index is 0.0751. The fraction of sp³-hybridized carbons (Fsp3) is 0.385.